The Bertz CT molecular complexity index is 123. The first-order chi connectivity index (χ1) is 3.43. The predicted molar refractivity (Wildman–Crippen MR) is 31.5 cm³/mol. The van der Waals surface area contributed by atoms with Crippen LogP contribution in [0.3, 0.4) is 0 Å². The molecule has 1 aromatic heterocycles. The third kappa shape index (κ3) is 0.996. The number of thiazole rings is 1. The van der Waals surface area contributed by atoms with E-state index in [0.717, 1.165) is 6.42 Å². The minimum atomic E-state index is 1.06. The highest BCUT2D eigenvalue weighted by Gasteiger charge is 1.84. The molecule has 0 aromatic carbocycles. The summed E-state index contributed by atoms with van der Waals surface area (Å²) in [6.45, 7) is 2.11. The van der Waals surface area contributed by atoms with Crippen molar-refractivity contribution in [2.75, 3.05) is 0 Å². The molecular weight excluding hydrogens is 106 g/mol. The average molecular weight is 113 g/mol. The van der Waals surface area contributed by atoms with Gasteiger partial charge in [0.25, 0.3) is 0 Å². The molecule has 0 bridgehead atoms. The van der Waals surface area contributed by atoms with E-state index < -0.39 is 0 Å². The van der Waals surface area contributed by atoms with Gasteiger partial charge >= 0.3 is 0 Å². The van der Waals surface area contributed by atoms with Crippen molar-refractivity contribution in [1.29, 1.82) is 0 Å². The summed E-state index contributed by atoms with van der Waals surface area (Å²) >= 11 is 1.65. The van der Waals surface area contributed by atoms with E-state index in [4.69, 9.17) is 0 Å². The van der Waals surface area contributed by atoms with Crippen LogP contribution in [0.1, 0.15) is 12.6 Å². The van der Waals surface area contributed by atoms with Crippen molar-refractivity contribution in [1.82, 2.24) is 4.98 Å². The summed E-state index contributed by atoms with van der Waals surface area (Å²) in [4.78, 5) is 4.05. The van der Waals surface area contributed by atoms with E-state index in [1.807, 2.05) is 5.51 Å². The zero-order valence-corrected chi connectivity index (χ0v) is 5.03. The molecule has 1 nitrogen and oxygen atoms in total. The molecule has 0 saturated heterocycles. The van der Waals surface area contributed by atoms with Crippen molar-refractivity contribution in [3.63, 3.8) is 0 Å². The van der Waals surface area contributed by atoms with Gasteiger partial charge in [0, 0.05) is 5.38 Å². The molecule has 0 radical (unpaired) electrons. The summed E-state index contributed by atoms with van der Waals surface area (Å²) in [6.07, 6.45) is 1.06. The van der Waals surface area contributed by atoms with Gasteiger partial charge in [0.05, 0.1) is 11.2 Å². The molecule has 1 heterocycles. The highest BCUT2D eigenvalue weighted by molar-refractivity contribution is 7.07. The van der Waals surface area contributed by atoms with Crippen molar-refractivity contribution in [2.24, 2.45) is 0 Å². The smallest absolute Gasteiger partial charge is 0.0794 e. The van der Waals surface area contributed by atoms with Gasteiger partial charge < -0.3 is 0 Å². The number of hydrogen-bond acceptors (Lipinski definition) is 2. The highest BCUT2D eigenvalue weighted by atomic mass is 32.1. The van der Waals surface area contributed by atoms with Crippen LogP contribution in [0.2, 0.25) is 0 Å². The van der Waals surface area contributed by atoms with Gasteiger partial charge in [0.2, 0.25) is 0 Å². The third-order valence-corrected chi connectivity index (χ3v) is 1.48. The molecule has 1 rings (SSSR count). The van der Waals surface area contributed by atoms with Gasteiger partial charge in [-0.1, -0.05) is 6.92 Å². The molecule has 0 spiro atoms. The van der Waals surface area contributed by atoms with Crippen molar-refractivity contribution in [3.8, 4) is 0 Å². The van der Waals surface area contributed by atoms with Crippen LogP contribution in [0.25, 0.3) is 0 Å². The lowest BCUT2D eigenvalue weighted by atomic mass is 10.4. The second kappa shape index (κ2) is 2.07. The Morgan fingerprint density at radius 1 is 1.86 bits per heavy atom. The summed E-state index contributed by atoms with van der Waals surface area (Å²) in [5, 5.41) is 2.07. The first-order valence-electron chi connectivity index (χ1n) is 2.30. The number of aryl methyl sites for hydroxylation is 1. The Labute approximate surface area is 47.0 Å². The lowest BCUT2D eigenvalue weighted by molar-refractivity contribution is 1.06. The van der Waals surface area contributed by atoms with Crippen LogP contribution in [-0.4, -0.2) is 4.98 Å². The first-order valence-corrected chi connectivity index (χ1v) is 3.25. The van der Waals surface area contributed by atoms with E-state index >= 15 is 0 Å². The van der Waals surface area contributed by atoms with E-state index in [9.17, 15) is 0 Å². The SMILES string of the molecule is CCc1cscn1. The Balaban J connectivity index is 2.76. The lowest BCUT2D eigenvalue weighted by Crippen LogP contribution is -1.73. The number of rotatable bonds is 1. The largest absolute Gasteiger partial charge is 0.250 e. The van der Waals surface area contributed by atoms with E-state index in [-0.39, 0.29) is 0 Å². The van der Waals surface area contributed by atoms with E-state index in [2.05, 4.69) is 17.3 Å². The Morgan fingerprint density at radius 2 is 2.71 bits per heavy atom. The maximum atomic E-state index is 4.05. The van der Waals surface area contributed by atoms with Crippen LogP contribution in [-0.2, 0) is 6.42 Å². The second-order valence-electron chi connectivity index (χ2n) is 1.33. The minimum Gasteiger partial charge on any atom is -0.250 e. The zero-order chi connectivity index (χ0) is 5.11. The molecule has 1 aromatic rings. The molecule has 0 atom stereocenters. The fourth-order valence-electron chi connectivity index (χ4n) is 0.412. The Hall–Kier alpha value is -0.370. The van der Waals surface area contributed by atoms with Crippen LogP contribution in [0.5, 0.6) is 0 Å². The summed E-state index contributed by atoms with van der Waals surface area (Å²) in [6, 6.07) is 0. The summed E-state index contributed by atoms with van der Waals surface area (Å²) < 4.78 is 0. The predicted octanol–water partition coefficient (Wildman–Crippen LogP) is 1.71. The minimum absolute atomic E-state index is 1.06. The second-order valence-corrected chi connectivity index (χ2v) is 2.05. The van der Waals surface area contributed by atoms with Crippen LogP contribution < -0.4 is 0 Å². The topological polar surface area (TPSA) is 12.9 Å². The fraction of sp³-hybridized carbons (Fsp3) is 0.400. The van der Waals surface area contributed by atoms with Crippen LogP contribution in [0.4, 0.5) is 0 Å². The molecule has 7 heavy (non-hydrogen) atoms. The normalized spacial score (nSPS) is 9.29. The molecule has 0 saturated carbocycles. The first kappa shape index (κ1) is 4.78. The maximum Gasteiger partial charge on any atom is 0.0794 e. The van der Waals surface area contributed by atoms with Crippen LogP contribution in [0, 0.1) is 0 Å². The van der Waals surface area contributed by atoms with E-state index in [1.165, 1.54) is 5.69 Å². The quantitative estimate of drug-likeness (QED) is 0.540. The summed E-state index contributed by atoms with van der Waals surface area (Å²) in [7, 11) is 0. The van der Waals surface area contributed by atoms with Gasteiger partial charge in [-0.05, 0) is 6.42 Å². The molecule has 0 N–H and O–H groups in total. The monoisotopic (exact) mass is 113 g/mol. The molecule has 0 aliphatic heterocycles. The molecular formula is C5H7NS. The van der Waals surface area contributed by atoms with Gasteiger partial charge in [0.15, 0.2) is 0 Å². The van der Waals surface area contributed by atoms with Crippen molar-refractivity contribution in [2.45, 2.75) is 13.3 Å². The Morgan fingerprint density at radius 3 is 3.00 bits per heavy atom. The molecule has 0 fully saturated rings. The Kier molecular flexibility index (Phi) is 1.42. The third-order valence-electron chi connectivity index (χ3n) is 0.846. The van der Waals surface area contributed by atoms with Gasteiger partial charge in [-0.25, -0.2) is 4.98 Å². The standard InChI is InChI=1S/C5H7NS/c1-2-5-3-7-4-6-5/h3-4H,2H2,1H3. The molecule has 0 unspecified atom stereocenters. The summed E-state index contributed by atoms with van der Waals surface area (Å²) in [5.74, 6) is 0. The zero-order valence-electron chi connectivity index (χ0n) is 4.22. The van der Waals surface area contributed by atoms with E-state index in [1.54, 1.807) is 11.3 Å². The molecule has 0 aliphatic rings. The maximum absolute atomic E-state index is 4.05. The van der Waals surface area contributed by atoms with Gasteiger partial charge in [-0.15, -0.1) is 11.3 Å². The van der Waals surface area contributed by atoms with Gasteiger partial charge in [0.1, 0.15) is 0 Å². The number of aromatic nitrogens is 1. The van der Waals surface area contributed by atoms with Gasteiger partial charge in [-0.3, -0.25) is 0 Å². The highest BCUT2D eigenvalue weighted by Crippen LogP contribution is 1.99. The number of nitrogens with zero attached hydrogens (tertiary/aromatic N) is 1. The lowest BCUT2D eigenvalue weighted by Gasteiger charge is -1.77. The molecule has 0 amide bonds. The summed E-state index contributed by atoms with van der Waals surface area (Å²) in [5.41, 5.74) is 3.06. The van der Waals surface area contributed by atoms with Crippen molar-refractivity contribution in [3.05, 3.63) is 16.6 Å². The number of hydrogen-bond donors (Lipinski definition) is 0. The molecule has 38 valence electrons. The average Bonchev–Trinajstić information content (AvgIpc) is 2.14. The molecule has 2 heteroatoms. The van der Waals surface area contributed by atoms with Crippen molar-refractivity contribution < 1.29 is 0 Å². The van der Waals surface area contributed by atoms with Crippen LogP contribution >= 0.6 is 11.3 Å². The van der Waals surface area contributed by atoms with E-state index in [0.29, 0.717) is 0 Å². The molecule has 0 aliphatic carbocycles. The van der Waals surface area contributed by atoms with Gasteiger partial charge in [-0.2, -0.15) is 0 Å². The van der Waals surface area contributed by atoms with Crippen LogP contribution in [0.15, 0.2) is 10.9 Å². The van der Waals surface area contributed by atoms with Crippen molar-refractivity contribution >= 4 is 11.3 Å². The fourth-order valence-corrected chi connectivity index (χ4v) is 1.05.